The third kappa shape index (κ3) is 7.19. The van der Waals surface area contributed by atoms with Gasteiger partial charge in [-0.15, -0.1) is 19.8 Å². The van der Waals surface area contributed by atoms with Crippen LogP contribution >= 0.6 is 0 Å². The second-order valence-electron chi connectivity index (χ2n) is 9.28. The summed E-state index contributed by atoms with van der Waals surface area (Å²) in [6.07, 6.45) is -0.812. The van der Waals surface area contributed by atoms with Crippen molar-refractivity contribution < 1.29 is 35.5 Å². The zero-order valence-electron chi connectivity index (χ0n) is 20.9. The number of ether oxygens (including phenoxy) is 1. The number of fused-ring (bicyclic) bond motifs is 1. The molecule has 0 bridgehead atoms. The van der Waals surface area contributed by atoms with Crippen LogP contribution in [0.3, 0.4) is 0 Å². The first-order valence-corrected chi connectivity index (χ1v) is 12.4. The summed E-state index contributed by atoms with van der Waals surface area (Å²) in [5.41, 5.74) is 2.79. The molecule has 0 amide bonds. The topological polar surface area (TPSA) is 9.23 Å². The number of benzene rings is 4. The predicted octanol–water partition coefficient (Wildman–Crippen LogP) is 8.98. The van der Waals surface area contributed by atoms with E-state index in [4.69, 9.17) is 0 Å². The van der Waals surface area contributed by atoms with Crippen LogP contribution < -0.4 is 4.74 Å². The highest BCUT2D eigenvalue weighted by Gasteiger charge is 2.34. The maximum Gasteiger partial charge on any atom is 0.573 e. The quantitative estimate of drug-likeness (QED) is 0.143. The molecule has 0 aliphatic rings. The van der Waals surface area contributed by atoms with Gasteiger partial charge < -0.3 is 4.74 Å². The molecule has 1 nitrogen and oxygen atoms in total. The van der Waals surface area contributed by atoms with Gasteiger partial charge in [0, 0.05) is 5.39 Å². The molecule has 4 rings (SSSR count). The van der Waals surface area contributed by atoms with Gasteiger partial charge in [0.2, 0.25) is 5.75 Å². The molecule has 0 atom stereocenters. The second-order valence-corrected chi connectivity index (χ2v) is 9.28. The molecule has 204 valence electrons. The van der Waals surface area contributed by atoms with Crippen LogP contribution in [0.5, 0.6) is 5.75 Å². The minimum absolute atomic E-state index is 0.00140. The maximum atomic E-state index is 15.2. The lowest BCUT2D eigenvalue weighted by atomic mass is 9.97. The highest BCUT2D eigenvalue weighted by molar-refractivity contribution is 5.84. The van der Waals surface area contributed by atoms with Crippen molar-refractivity contribution in [1.29, 1.82) is 0 Å². The predicted molar refractivity (Wildman–Crippen MR) is 137 cm³/mol. The third-order valence-electron chi connectivity index (χ3n) is 6.49. The van der Waals surface area contributed by atoms with E-state index in [0.717, 1.165) is 36.1 Å². The molecule has 0 spiro atoms. The zero-order chi connectivity index (χ0) is 28.2. The van der Waals surface area contributed by atoms with Gasteiger partial charge in [-0.2, -0.15) is 0 Å². The summed E-state index contributed by atoms with van der Waals surface area (Å²) in [6, 6.07) is 15.3. The van der Waals surface area contributed by atoms with Crippen molar-refractivity contribution in [2.45, 2.75) is 44.9 Å². The van der Waals surface area contributed by atoms with Crippen LogP contribution in [-0.4, -0.2) is 6.36 Å². The number of aryl methyl sites for hydroxylation is 5. The third-order valence-corrected chi connectivity index (χ3v) is 6.49. The highest BCUT2D eigenvalue weighted by atomic mass is 19.4. The molecule has 4 aromatic rings. The number of rotatable bonds is 10. The summed E-state index contributed by atoms with van der Waals surface area (Å²) in [6.45, 7) is 3.67. The van der Waals surface area contributed by atoms with E-state index in [1.807, 2.05) is 12.1 Å². The molecule has 0 radical (unpaired) electrons. The van der Waals surface area contributed by atoms with Gasteiger partial charge >= 0.3 is 6.36 Å². The fraction of sp³-hybridized carbons (Fsp3) is 0.226. The van der Waals surface area contributed by atoms with E-state index in [1.165, 1.54) is 0 Å². The minimum atomic E-state index is -5.23. The molecule has 0 saturated carbocycles. The largest absolute Gasteiger partial charge is 0.573 e. The Hall–Kier alpha value is -3.81. The average molecular weight is 547 g/mol. The number of allylic oxidation sites excluding steroid dienone is 1. The Morgan fingerprint density at radius 2 is 1.23 bits per heavy atom. The molecule has 0 saturated heterocycles. The first kappa shape index (κ1) is 28.2. The van der Waals surface area contributed by atoms with Crippen molar-refractivity contribution >= 4 is 10.8 Å². The van der Waals surface area contributed by atoms with Gasteiger partial charge in [0.1, 0.15) is 11.6 Å². The summed E-state index contributed by atoms with van der Waals surface area (Å²) in [4.78, 5) is 0. The number of alkyl halides is 3. The van der Waals surface area contributed by atoms with Crippen LogP contribution in [0.1, 0.15) is 34.2 Å². The monoisotopic (exact) mass is 546 g/mol. The minimum Gasteiger partial charge on any atom is -0.399 e. The molecule has 4 aromatic carbocycles. The fourth-order valence-electron chi connectivity index (χ4n) is 4.48. The zero-order valence-corrected chi connectivity index (χ0v) is 20.9. The Balaban J connectivity index is 1.43. The Kier molecular flexibility index (Phi) is 8.63. The standard InChI is InChI=1S/C31H25F7O/c1-2-3-4-19-5-9-22(26(32)16-19)10-6-20-8-14-25-24(15-20)13-12-23(29(25)35)11-7-21-17-27(33)30(28(34)18-21)39-31(36,37)38/h2,5,8-9,12-18H,1,3-4,6-7,10-11H2. The van der Waals surface area contributed by atoms with E-state index < -0.39 is 29.6 Å². The Morgan fingerprint density at radius 3 is 1.90 bits per heavy atom. The van der Waals surface area contributed by atoms with Crippen LogP contribution in [0.2, 0.25) is 0 Å². The fourth-order valence-corrected chi connectivity index (χ4v) is 4.48. The molecule has 39 heavy (non-hydrogen) atoms. The van der Waals surface area contributed by atoms with Gasteiger partial charge in [0.05, 0.1) is 0 Å². The van der Waals surface area contributed by atoms with E-state index in [2.05, 4.69) is 11.3 Å². The molecule has 0 heterocycles. The lowest BCUT2D eigenvalue weighted by Crippen LogP contribution is -2.19. The van der Waals surface area contributed by atoms with Gasteiger partial charge in [-0.1, -0.05) is 48.5 Å². The Bertz CT molecular complexity index is 1470. The van der Waals surface area contributed by atoms with Gasteiger partial charge in [0.25, 0.3) is 0 Å². The van der Waals surface area contributed by atoms with Crippen LogP contribution in [0.25, 0.3) is 10.8 Å². The first-order chi connectivity index (χ1) is 18.5. The first-order valence-electron chi connectivity index (χ1n) is 12.4. The van der Waals surface area contributed by atoms with Crippen LogP contribution in [0.4, 0.5) is 30.7 Å². The molecular weight excluding hydrogens is 521 g/mol. The van der Waals surface area contributed by atoms with Gasteiger partial charge in [-0.05, 0) is 89.9 Å². The normalized spacial score (nSPS) is 11.7. The molecular formula is C31H25F7O. The van der Waals surface area contributed by atoms with E-state index in [9.17, 15) is 26.3 Å². The summed E-state index contributed by atoms with van der Waals surface area (Å²) >= 11 is 0. The summed E-state index contributed by atoms with van der Waals surface area (Å²) in [5.74, 6) is -5.24. The molecule has 8 heteroatoms. The highest BCUT2D eigenvalue weighted by Crippen LogP contribution is 2.30. The summed E-state index contributed by atoms with van der Waals surface area (Å²) in [5, 5.41) is 1.01. The summed E-state index contributed by atoms with van der Waals surface area (Å²) in [7, 11) is 0. The lowest BCUT2D eigenvalue weighted by molar-refractivity contribution is -0.276. The van der Waals surface area contributed by atoms with Crippen LogP contribution in [-0.2, 0) is 32.1 Å². The molecule has 0 N–H and O–H groups in total. The van der Waals surface area contributed by atoms with Crippen molar-refractivity contribution in [3.63, 3.8) is 0 Å². The van der Waals surface area contributed by atoms with Crippen molar-refractivity contribution in [3.05, 3.63) is 124 Å². The van der Waals surface area contributed by atoms with Gasteiger partial charge in [-0.3, -0.25) is 0 Å². The summed E-state index contributed by atoms with van der Waals surface area (Å²) < 4.78 is 98.1. The Morgan fingerprint density at radius 1 is 0.641 bits per heavy atom. The average Bonchev–Trinajstić information content (AvgIpc) is 2.88. The van der Waals surface area contributed by atoms with Crippen LogP contribution in [0, 0.1) is 23.3 Å². The van der Waals surface area contributed by atoms with E-state index in [0.29, 0.717) is 34.7 Å². The van der Waals surface area contributed by atoms with Crippen molar-refractivity contribution in [2.75, 3.05) is 0 Å². The lowest BCUT2D eigenvalue weighted by Gasteiger charge is -2.12. The van der Waals surface area contributed by atoms with Gasteiger partial charge in [0.15, 0.2) is 11.6 Å². The van der Waals surface area contributed by atoms with Crippen molar-refractivity contribution in [3.8, 4) is 5.75 Å². The molecule has 0 fully saturated rings. The molecule has 0 aliphatic heterocycles. The number of hydrogen-bond acceptors (Lipinski definition) is 1. The molecule has 0 unspecified atom stereocenters. The smallest absolute Gasteiger partial charge is 0.399 e. The van der Waals surface area contributed by atoms with Gasteiger partial charge in [-0.25, -0.2) is 17.6 Å². The number of hydrogen-bond donors (Lipinski definition) is 0. The van der Waals surface area contributed by atoms with E-state index in [1.54, 1.807) is 42.5 Å². The van der Waals surface area contributed by atoms with Crippen molar-refractivity contribution in [2.24, 2.45) is 0 Å². The Labute approximate surface area is 221 Å². The van der Waals surface area contributed by atoms with E-state index >= 15 is 4.39 Å². The van der Waals surface area contributed by atoms with Crippen molar-refractivity contribution in [1.82, 2.24) is 0 Å². The maximum absolute atomic E-state index is 15.2. The molecule has 0 aliphatic carbocycles. The van der Waals surface area contributed by atoms with Crippen LogP contribution in [0.15, 0.2) is 73.3 Å². The van der Waals surface area contributed by atoms with E-state index in [-0.39, 0.29) is 24.2 Å². The SMILES string of the molecule is C=CCCc1ccc(CCc2ccc3c(F)c(CCc4cc(F)c(OC(F)(F)F)c(F)c4)ccc3c2)c(F)c1. The second kappa shape index (κ2) is 11.9. The number of halogens is 7. The molecule has 0 aromatic heterocycles.